The van der Waals surface area contributed by atoms with Crippen LogP contribution in [0.2, 0.25) is 0 Å². The summed E-state index contributed by atoms with van der Waals surface area (Å²) in [5, 5.41) is 12.8. The predicted octanol–water partition coefficient (Wildman–Crippen LogP) is 1.60. The number of hydrogen-bond acceptors (Lipinski definition) is 3. The molecule has 0 spiro atoms. The average molecular weight is 278 g/mol. The van der Waals surface area contributed by atoms with E-state index in [1.54, 1.807) is 0 Å². The molecule has 4 heteroatoms. The number of carbonyl (C=O) groups excluding carboxylic acids is 1. The maximum Gasteiger partial charge on any atom is 0.224 e. The van der Waals surface area contributed by atoms with Gasteiger partial charge in [0.15, 0.2) is 0 Å². The molecule has 0 aliphatic heterocycles. The molecule has 0 saturated carbocycles. The minimum absolute atomic E-state index is 0.0732. The molecule has 0 aliphatic rings. The number of benzene rings is 1. The van der Waals surface area contributed by atoms with Crippen LogP contribution in [0.1, 0.15) is 37.8 Å². The van der Waals surface area contributed by atoms with Gasteiger partial charge in [-0.25, -0.2) is 0 Å². The normalized spacial score (nSPS) is 12.4. The standard InChI is InChI=1S/C16H26N2O2/c1-3-12(4-2)15(19)11-18-16(20)9-13-7-5-6-8-14(13)10-17/h5-8,12,15,19H,3-4,9-11,17H2,1-2H3,(H,18,20). The summed E-state index contributed by atoms with van der Waals surface area (Å²) < 4.78 is 0. The molecule has 0 radical (unpaired) electrons. The highest BCUT2D eigenvalue weighted by Crippen LogP contribution is 2.12. The minimum atomic E-state index is -0.473. The van der Waals surface area contributed by atoms with Crippen molar-refractivity contribution in [2.24, 2.45) is 11.7 Å². The quantitative estimate of drug-likeness (QED) is 0.676. The summed E-state index contributed by atoms with van der Waals surface area (Å²) in [6.07, 6.45) is 1.68. The van der Waals surface area contributed by atoms with Crippen LogP contribution in [-0.4, -0.2) is 23.7 Å². The van der Waals surface area contributed by atoms with E-state index in [1.807, 2.05) is 24.3 Å². The largest absolute Gasteiger partial charge is 0.391 e. The lowest BCUT2D eigenvalue weighted by molar-refractivity contribution is -0.121. The molecule has 1 aromatic carbocycles. The minimum Gasteiger partial charge on any atom is -0.391 e. The lowest BCUT2D eigenvalue weighted by Crippen LogP contribution is -2.36. The van der Waals surface area contributed by atoms with Crippen molar-refractivity contribution in [1.29, 1.82) is 0 Å². The highest BCUT2D eigenvalue weighted by molar-refractivity contribution is 5.78. The van der Waals surface area contributed by atoms with E-state index in [4.69, 9.17) is 5.73 Å². The van der Waals surface area contributed by atoms with Crippen LogP contribution in [0, 0.1) is 5.92 Å². The topological polar surface area (TPSA) is 75.3 Å². The lowest BCUT2D eigenvalue weighted by Gasteiger charge is -2.20. The maximum absolute atomic E-state index is 11.9. The molecule has 1 amide bonds. The van der Waals surface area contributed by atoms with E-state index in [-0.39, 0.29) is 11.8 Å². The summed E-state index contributed by atoms with van der Waals surface area (Å²) >= 11 is 0. The molecule has 4 nitrogen and oxygen atoms in total. The molecule has 1 atom stereocenters. The van der Waals surface area contributed by atoms with Crippen molar-refractivity contribution in [3.63, 3.8) is 0 Å². The van der Waals surface area contributed by atoms with Crippen LogP contribution in [0.25, 0.3) is 0 Å². The molecule has 0 aromatic heterocycles. The predicted molar refractivity (Wildman–Crippen MR) is 81.1 cm³/mol. The molecule has 0 bridgehead atoms. The Morgan fingerprint density at radius 2 is 1.85 bits per heavy atom. The zero-order valence-electron chi connectivity index (χ0n) is 12.4. The third-order valence-corrected chi connectivity index (χ3v) is 3.79. The van der Waals surface area contributed by atoms with Crippen LogP contribution in [0.3, 0.4) is 0 Å². The fourth-order valence-electron chi connectivity index (χ4n) is 2.38. The van der Waals surface area contributed by atoms with Crippen molar-refractivity contribution in [1.82, 2.24) is 5.32 Å². The van der Waals surface area contributed by atoms with Crippen LogP contribution in [0.4, 0.5) is 0 Å². The Bertz CT molecular complexity index is 417. The molecule has 0 aliphatic carbocycles. The van der Waals surface area contributed by atoms with Gasteiger partial charge in [-0.3, -0.25) is 4.79 Å². The van der Waals surface area contributed by atoms with E-state index in [2.05, 4.69) is 19.2 Å². The monoisotopic (exact) mass is 278 g/mol. The average Bonchev–Trinajstić information content (AvgIpc) is 2.47. The summed E-state index contributed by atoms with van der Waals surface area (Å²) in [6.45, 7) is 4.85. The number of nitrogens with one attached hydrogen (secondary N) is 1. The van der Waals surface area contributed by atoms with Crippen molar-refractivity contribution >= 4 is 5.91 Å². The zero-order valence-corrected chi connectivity index (χ0v) is 12.4. The first-order valence-electron chi connectivity index (χ1n) is 7.33. The second-order valence-electron chi connectivity index (χ2n) is 5.10. The Labute approximate surface area is 121 Å². The first kappa shape index (κ1) is 16.7. The Morgan fingerprint density at radius 1 is 1.25 bits per heavy atom. The number of amides is 1. The first-order valence-corrected chi connectivity index (χ1v) is 7.33. The molecule has 0 heterocycles. The summed E-state index contributed by atoms with van der Waals surface area (Å²) in [4.78, 5) is 11.9. The van der Waals surface area contributed by atoms with E-state index >= 15 is 0 Å². The van der Waals surface area contributed by atoms with Crippen molar-refractivity contribution in [2.75, 3.05) is 6.54 Å². The summed E-state index contributed by atoms with van der Waals surface area (Å²) in [5.74, 6) is 0.169. The van der Waals surface area contributed by atoms with Gasteiger partial charge in [0.25, 0.3) is 0 Å². The number of carbonyl (C=O) groups is 1. The molecule has 1 rings (SSSR count). The Hall–Kier alpha value is -1.39. The Morgan fingerprint density at radius 3 is 2.40 bits per heavy atom. The Balaban J connectivity index is 2.48. The fraction of sp³-hybridized carbons (Fsp3) is 0.562. The first-order chi connectivity index (χ1) is 9.62. The zero-order chi connectivity index (χ0) is 15.0. The molecular weight excluding hydrogens is 252 g/mol. The second kappa shape index (κ2) is 8.72. The second-order valence-corrected chi connectivity index (χ2v) is 5.10. The highest BCUT2D eigenvalue weighted by atomic mass is 16.3. The van der Waals surface area contributed by atoms with Crippen LogP contribution in [-0.2, 0) is 17.8 Å². The van der Waals surface area contributed by atoms with Crippen LogP contribution < -0.4 is 11.1 Å². The van der Waals surface area contributed by atoms with Crippen LogP contribution in [0.5, 0.6) is 0 Å². The SMILES string of the molecule is CCC(CC)C(O)CNC(=O)Cc1ccccc1CN. The van der Waals surface area contributed by atoms with Crippen LogP contribution >= 0.6 is 0 Å². The van der Waals surface area contributed by atoms with Gasteiger partial charge >= 0.3 is 0 Å². The van der Waals surface area contributed by atoms with E-state index in [0.717, 1.165) is 24.0 Å². The highest BCUT2D eigenvalue weighted by Gasteiger charge is 2.16. The van der Waals surface area contributed by atoms with Crippen molar-refractivity contribution < 1.29 is 9.90 Å². The fourth-order valence-corrected chi connectivity index (χ4v) is 2.38. The molecule has 1 aromatic rings. The Kier molecular flexibility index (Phi) is 7.26. The van der Waals surface area contributed by atoms with E-state index in [9.17, 15) is 9.90 Å². The lowest BCUT2D eigenvalue weighted by atomic mass is 9.96. The molecule has 1 unspecified atom stereocenters. The number of rotatable bonds is 8. The van der Waals surface area contributed by atoms with Gasteiger partial charge in [0.2, 0.25) is 5.91 Å². The third kappa shape index (κ3) is 4.94. The van der Waals surface area contributed by atoms with Crippen molar-refractivity contribution in [3.8, 4) is 0 Å². The van der Waals surface area contributed by atoms with Crippen molar-refractivity contribution in [2.45, 2.75) is 45.8 Å². The number of hydrogen-bond donors (Lipinski definition) is 3. The van der Waals surface area contributed by atoms with Gasteiger partial charge in [-0.2, -0.15) is 0 Å². The van der Waals surface area contributed by atoms with Gasteiger partial charge in [-0.1, -0.05) is 51.0 Å². The van der Waals surface area contributed by atoms with E-state index < -0.39 is 6.10 Å². The van der Waals surface area contributed by atoms with Crippen LogP contribution in [0.15, 0.2) is 24.3 Å². The van der Waals surface area contributed by atoms with Crippen molar-refractivity contribution in [3.05, 3.63) is 35.4 Å². The molecular formula is C16H26N2O2. The van der Waals surface area contributed by atoms with E-state index in [1.165, 1.54) is 0 Å². The molecule has 4 N–H and O–H groups in total. The molecule has 20 heavy (non-hydrogen) atoms. The molecule has 0 fully saturated rings. The maximum atomic E-state index is 11.9. The summed E-state index contributed by atoms with van der Waals surface area (Å²) in [6, 6.07) is 7.67. The van der Waals surface area contributed by atoms with E-state index in [0.29, 0.717) is 19.5 Å². The van der Waals surface area contributed by atoms with Gasteiger partial charge in [-0.05, 0) is 17.0 Å². The third-order valence-electron chi connectivity index (χ3n) is 3.79. The summed E-state index contributed by atoms with van der Waals surface area (Å²) in [7, 11) is 0. The van der Waals surface area contributed by atoms with Gasteiger partial charge < -0.3 is 16.2 Å². The molecule has 112 valence electrons. The number of aliphatic hydroxyl groups is 1. The number of nitrogens with two attached hydrogens (primary N) is 1. The van der Waals surface area contributed by atoms with Gasteiger partial charge in [-0.15, -0.1) is 0 Å². The van der Waals surface area contributed by atoms with Gasteiger partial charge in [0, 0.05) is 13.1 Å². The van der Waals surface area contributed by atoms with Gasteiger partial charge in [0.1, 0.15) is 0 Å². The van der Waals surface area contributed by atoms with Gasteiger partial charge in [0.05, 0.1) is 12.5 Å². The smallest absolute Gasteiger partial charge is 0.224 e. The summed E-state index contributed by atoms with van der Waals surface area (Å²) in [5.41, 5.74) is 7.59. The molecule has 0 saturated heterocycles. The number of aliphatic hydroxyl groups excluding tert-OH is 1.